The lowest BCUT2D eigenvalue weighted by Crippen LogP contribution is -2.21. The number of nitrogens with zero attached hydrogens (tertiary/aromatic N) is 3. The molecule has 0 saturated heterocycles. The lowest BCUT2D eigenvalue weighted by molar-refractivity contribution is -0.128. The van der Waals surface area contributed by atoms with E-state index in [1.54, 1.807) is 31.1 Å². The number of nitrogens with one attached hydrogen (secondary N) is 1. The van der Waals surface area contributed by atoms with Gasteiger partial charge in [-0.1, -0.05) is 18.5 Å². The van der Waals surface area contributed by atoms with Gasteiger partial charge in [-0.15, -0.1) is 0 Å². The minimum absolute atomic E-state index is 0.150. The van der Waals surface area contributed by atoms with Gasteiger partial charge in [-0.05, 0) is 49.4 Å². The first-order chi connectivity index (χ1) is 15.4. The number of hydrogen-bond acceptors (Lipinski definition) is 5. The van der Waals surface area contributed by atoms with E-state index in [0.717, 1.165) is 42.4 Å². The van der Waals surface area contributed by atoms with Crippen molar-refractivity contribution in [1.29, 1.82) is 0 Å². The van der Waals surface area contributed by atoms with E-state index in [1.807, 2.05) is 12.1 Å². The standard InChI is InChI=1S/C24H28BFN4O2/c1-4-16-12-18-21(14-22(16)32-11-7-5-6-8-23(31)30(2)3)27-15-28-24(18)29-20-10-9-17(25)13-19(20)26/h9-10,12-15H,4-8,11H2,1-3H3,(H,27,28,29). The van der Waals surface area contributed by atoms with E-state index >= 15 is 0 Å². The third-order valence-electron chi connectivity index (χ3n) is 5.24. The van der Waals surface area contributed by atoms with E-state index < -0.39 is 5.82 Å². The number of amides is 1. The average Bonchev–Trinajstić information content (AvgIpc) is 2.77. The minimum atomic E-state index is -0.445. The third-order valence-corrected chi connectivity index (χ3v) is 5.24. The number of ether oxygens (including phenoxy) is 1. The molecule has 2 aromatic carbocycles. The van der Waals surface area contributed by atoms with Gasteiger partial charge in [0.1, 0.15) is 31.6 Å². The molecule has 1 amide bonds. The SMILES string of the molecule is [B]c1ccc(Nc2ncnc3cc(OCCCCCC(=O)N(C)C)c(CC)cc23)c(F)c1. The molecular weight excluding hydrogens is 406 g/mol. The Labute approximate surface area is 189 Å². The van der Waals surface area contributed by atoms with Crippen molar-refractivity contribution in [3.05, 3.63) is 48.0 Å². The second-order valence-corrected chi connectivity index (χ2v) is 7.86. The van der Waals surface area contributed by atoms with Crippen LogP contribution in [0.4, 0.5) is 15.9 Å². The summed E-state index contributed by atoms with van der Waals surface area (Å²) in [4.78, 5) is 21.9. The van der Waals surface area contributed by atoms with Crippen LogP contribution in [0.5, 0.6) is 5.75 Å². The van der Waals surface area contributed by atoms with Crippen LogP contribution in [0.3, 0.4) is 0 Å². The van der Waals surface area contributed by atoms with Crippen molar-refractivity contribution in [2.75, 3.05) is 26.0 Å². The lowest BCUT2D eigenvalue weighted by Gasteiger charge is -2.14. The third kappa shape index (κ3) is 5.96. The number of aromatic nitrogens is 2. The first-order valence-electron chi connectivity index (χ1n) is 10.8. The molecule has 0 aliphatic heterocycles. The van der Waals surface area contributed by atoms with Crippen LogP contribution in [-0.2, 0) is 11.2 Å². The summed E-state index contributed by atoms with van der Waals surface area (Å²) in [6.07, 6.45) is 5.42. The smallest absolute Gasteiger partial charge is 0.222 e. The monoisotopic (exact) mass is 434 g/mol. The fraction of sp³-hybridized carbons (Fsp3) is 0.375. The molecule has 1 heterocycles. The summed E-state index contributed by atoms with van der Waals surface area (Å²) in [7, 11) is 9.18. The second-order valence-electron chi connectivity index (χ2n) is 7.86. The van der Waals surface area contributed by atoms with Crippen LogP contribution in [0.1, 0.15) is 38.2 Å². The predicted molar refractivity (Wildman–Crippen MR) is 127 cm³/mol. The zero-order valence-corrected chi connectivity index (χ0v) is 18.8. The van der Waals surface area contributed by atoms with Crippen LogP contribution in [0, 0.1) is 5.82 Å². The fourth-order valence-corrected chi connectivity index (χ4v) is 3.36. The number of halogens is 1. The molecule has 0 bridgehead atoms. The molecule has 8 heteroatoms. The summed E-state index contributed by atoms with van der Waals surface area (Å²) < 4.78 is 20.3. The molecular formula is C24H28BFN4O2. The van der Waals surface area contributed by atoms with E-state index in [4.69, 9.17) is 12.6 Å². The van der Waals surface area contributed by atoms with Gasteiger partial charge in [-0.2, -0.15) is 0 Å². The molecule has 0 aliphatic carbocycles. The van der Waals surface area contributed by atoms with E-state index in [9.17, 15) is 9.18 Å². The van der Waals surface area contributed by atoms with Gasteiger partial charge < -0.3 is 15.0 Å². The fourth-order valence-electron chi connectivity index (χ4n) is 3.36. The van der Waals surface area contributed by atoms with E-state index in [2.05, 4.69) is 22.2 Å². The number of benzene rings is 2. The number of anilines is 2. The molecule has 3 rings (SSSR count). The quantitative estimate of drug-likeness (QED) is 0.387. The summed E-state index contributed by atoms with van der Waals surface area (Å²) in [6, 6.07) is 8.37. The van der Waals surface area contributed by atoms with Crippen molar-refractivity contribution in [2.24, 2.45) is 0 Å². The summed E-state index contributed by atoms with van der Waals surface area (Å²) in [5.74, 6) is 1.01. The Kier molecular flexibility index (Phi) is 8.03. The van der Waals surface area contributed by atoms with Crippen LogP contribution in [0.2, 0.25) is 0 Å². The van der Waals surface area contributed by atoms with Gasteiger partial charge in [0, 0.05) is 32.0 Å². The number of fused-ring (bicyclic) bond motifs is 1. The molecule has 3 aromatic rings. The Morgan fingerprint density at radius 2 is 1.97 bits per heavy atom. The highest BCUT2D eigenvalue weighted by molar-refractivity contribution is 6.32. The van der Waals surface area contributed by atoms with Gasteiger partial charge in [0.05, 0.1) is 17.8 Å². The number of hydrogen-bond donors (Lipinski definition) is 1. The Morgan fingerprint density at radius 1 is 1.16 bits per heavy atom. The van der Waals surface area contributed by atoms with Gasteiger partial charge in [-0.25, -0.2) is 14.4 Å². The van der Waals surface area contributed by atoms with Gasteiger partial charge in [0.2, 0.25) is 5.91 Å². The van der Waals surface area contributed by atoms with Crippen molar-refractivity contribution in [3.63, 3.8) is 0 Å². The van der Waals surface area contributed by atoms with Crippen LogP contribution < -0.4 is 15.5 Å². The lowest BCUT2D eigenvalue weighted by atomic mass is 9.96. The Morgan fingerprint density at radius 3 is 2.69 bits per heavy atom. The van der Waals surface area contributed by atoms with Crippen LogP contribution >= 0.6 is 0 Å². The molecule has 6 nitrogen and oxygen atoms in total. The number of aryl methyl sites for hydroxylation is 1. The first kappa shape index (κ1) is 23.5. The number of carbonyl (C=O) groups is 1. The molecule has 0 atom stereocenters. The molecule has 1 N–H and O–H groups in total. The molecule has 32 heavy (non-hydrogen) atoms. The molecule has 0 spiro atoms. The number of unbranched alkanes of at least 4 members (excludes halogenated alkanes) is 2. The van der Waals surface area contributed by atoms with Gasteiger partial charge >= 0.3 is 0 Å². The van der Waals surface area contributed by atoms with Crippen molar-refractivity contribution in [1.82, 2.24) is 14.9 Å². The molecule has 0 unspecified atom stereocenters. The van der Waals surface area contributed by atoms with Crippen LogP contribution in [0.25, 0.3) is 10.9 Å². The van der Waals surface area contributed by atoms with Gasteiger partial charge in [0.15, 0.2) is 0 Å². The predicted octanol–water partition coefficient (Wildman–Crippen LogP) is 3.90. The maximum absolute atomic E-state index is 14.2. The highest BCUT2D eigenvalue weighted by atomic mass is 19.1. The van der Waals surface area contributed by atoms with Gasteiger partial charge in [0.25, 0.3) is 0 Å². The van der Waals surface area contributed by atoms with Gasteiger partial charge in [-0.3, -0.25) is 4.79 Å². The Bertz CT molecular complexity index is 1090. The normalized spacial score (nSPS) is 10.9. The maximum atomic E-state index is 14.2. The Hall–Kier alpha value is -3.16. The van der Waals surface area contributed by atoms with Crippen LogP contribution in [-0.4, -0.2) is 49.3 Å². The van der Waals surface area contributed by atoms with E-state index in [0.29, 0.717) is 35.5 Å². The number of rotatable bonds is 10. The largest absolute Gasteiger partial charge is 0.493 e. The minimum Gasteiger partial charge on any atom is -0.493 e. The molecule has 1 aromatic heterocycles. The zero-order chi connectivity index (χ0) is 23.1. The molecule has 0 fully saturated rings. The van der Waals surface area contributed by atoms with E-state index in [-0.39, 0.29) is 5.91 Å². The molecule has 0 saturated carbocycles. The summed E-state index contributed by atoms with van der Waals surface area (Å²) in [5, 5.41) is 3.83. The van der Waals surface area contributed by atoms with Crippen molar-refractivity contribution in [3.8, 4) is 5.75 Å². The highest BCUT2D eigenvalue weighted by Crippen LogP contribution is 2.30. The average molecular weight is 434 g/mol. The second kappa shape index (κ2) is 10.9. The zero-order valence-electron chi connectivity index (χ0n) is 18.8. The maximum Gasteiger partial charge on any atom is 0.222 e. The summed E-state index contributed by atoms with van der Waals surface area (Å²) in [6.45, 7) is 2.62. The van der Waals surface area contributed by atoms with Crippen LogP contribution in [0.15, 0.2) is 36.7 Å². The van der Waals surface area contributed by atoms with Crippen molar-refractivity contribution < 1.29 is 13.9 Å². The highest BCUT2D eigenvalue weighted by Gasteiger charge is 2.12. The Balaban J connectivity index is 1.69. The number of carbonyl (C=O) groups excluding carboxylic acids is 1. The topological polar surface area (TPSA) is 67.4 Å². The molecule has 2 radical (unpaired) electrons. The summed E-state index contributed by atoms with van der Waals surface area (Å²) in [5.41, 5.74) is 2.39. The summed E-state index contributed by atoms with van der Waals surface area (Å²) >= 11 is 0. The molecule has 0 aliphatic rings. The first-order valence-corrected chi connectivity index (χ1v) is 10.8. The van der Waals surface area contributed by atoms with E-state index in [1.165, 1.54) is 12.4 Å². The van der Waals surface area contributed by atoms with Crippen molar-refractivity contribution in [2.45, 2.75) is 39.0 Å². The molecule has 166 valence electrons. The van der Waals surface area contributed by atoms with Crippen molar-refractivity contribution >= 4 is 41.6 Å².